The number of methoxy groups -OCH3 is 1. The van der Waals surface area contributed by atoms with Gasteiger partial charge < -0.3 is 21.7 Å². The van der Waals surface area contributed by atoms with Crippen LogP contribution < -0.4 is 26.4 Å². The number of fused-ring (bicyclic) bond motifs is 2. The zero-order valence-corrected chi connectivity index (χ0v) is 14.1. The van der Waals surface area contributed by atoms with Gasteiger partial charge in [0.05, 0.1) is 12.7 Å². The minimum atomic E-state index is -0.0964. The molecular weight excluding hydrogens is 374 g/mol. The van der Waals surface area contributed by atoms with E-state index in [9.17, 15) is 0 Å². The van der Waals surface area contributed by atoms with Gasteiger partial charge in [-0.3, -0.25) is 0 Å². The molecule has 6 nitrogen and oxygen atoms in total. The van der Waals surface area contributed by atoms with E-state index >= 15 is 0 Å². The molecule has 2 aliphatic rings. The summed E-state index contributed by atoms with van der Waals surface area (Å²) in [6.07, 6.45) is -0.0964. The third-order valence-electron chi connectivity index (χ3n) is 3.12. The van der Waals surface area contributed by atoms with Gasteiger partial charge in [0.1, 0.15) is 11.3 Å². The van der Waals surface area contributed by atoms with Crippen LogP contribution in [0.4, 0.5) is 5.13 Å². The van der Waals surface area contributed by atoms with Crippen LogP contribution in [0.25, 0.3) is 0 Å². The Hall–Kier alpha value is -1.45. The van der Waals surface area contributed by atoms with Gasteiger partial charge in [-0.05, 0) is 47.4 Å². The number of halogens is 1. The van der Waals surface area contributed by atoms with Crippen LogP contribution in [0, 0.1) is 0 Å². The van der Waals surface area contributed by atoms with Crippen LogP contribution in [-0.4, -0.2) is 27.9 Å². The number of benzene rings is 1. The van der Waals surface area contributed by atoms with Crippen molar-refractivity contribution in [3.63, 3.8) is 0 Å². The number of thioether (sulfide) groups is 1. The maximum atomic E-state index is 5.21. The van der Waals surface area contributed by atoms with Crippen molar-refractivity contribution in [2.45, 2.75) is 6.17 Å². The number of amidine groups is 1. The second-order valence-electron chi connectivity index (χ2n) is 4.19. The van der Waals surface area contributed by atoms with Crippen LogP contribution in [0.1, 0.15) is 11.7 Å². The summed E-state index contributed by atoms with van der Waals surface area (Å²) >= 11 is 3.05. The van der Waals surface area contributed by atoms with Gasteiger partial charge in [-0.25, -0.2) is 0 Å². The highest BCUT2D eigenvalue weighted by atomic mass is 79.9. The zero-order chi connectivity index (χ0) is 13.5. The molecule has 0 aliphatic carbocycles. The molecular formula is C12H10BrN5OS2. The summed E-state index contributed by atoms with van der Waals surface area (Å²) < 4.78 is 7.09. The van der Waals surface area contributed by atoms with E-state index in [1.54, 1.807) is 18.2 Å². The van der Waals surface area contributed by atoms with Gasteiger partial charge in [0, 0.05) is 10.6 Å². The highest BCUT2D eigenvalue weighted by molar-refractivity contribution is 8.25. The van der Waals surface area contributed by atoms with Crippen LogP contribution in [0.3, 0.4) is 0 Å². The third-order valence-corrected chi connectivity index (χ3v) is 4.50. The van der Waals surface area contributed by atoms with Gasteiger partial charge in [-0.15, -0.1) is 0 Å². The number of aliphatic imine (C=N–C) groups is 1. The average Bonchev–Trinajstić information content (AvgIpc) is 3.13. The molecule has 0 spiro atoms. The smallest absolute Gasteiger partial charge is 0.409 e. The summed E-state index contributed by atoms with van der Waals surface area (Å²) in [6.45, 7) is 0. The summed E-state index contributed by atoms with van der Waals surface area (Å²) in [5.74, 6) is 0.834. The maximum absolute atomic E-state index is 5.21. The quantitative estimate of drug-likeness (QED) is 0.623. The molecule has 2 aromatic rings. The number of hydrogen-bond donors (Lipinski definition) is 0. The van der Waals surface area contributed by atoms with E-state index < -0.39 is 0 Å². The topological polar surface area (TPSA) is 54.0 Å². The van der Waals surface area contributed by atoms with Crippen LogP contribution in [-0.2, 0) is 0 Å². The number of ether oxygens (including phenoxy) is 1. The van der Waals surface area contributed by atoms with Crippen LogP contribution in [0.5, 0.6) is 5.75 Å². The molecule has 1 aromatic heterocycles. The fraction of sp³-hybridized carbons (Fsp3) is 0.167. The Morgan fingerprint density at radius 1 is 1.29 bits per heavy atom. The van der Waals surface area contributed by atoms with Crippen LogP contribution >= 0.6 is 23.1 Å². The predicted octanol–water partition coefficient (Wildman–Crippen LogP) is -1.02. The van der Waals surface area contributed by atoms with E-state index in [0.29, 0.717) is 0 Å². The van der Waals surface area contributed by atoms with E-state index in [0.717, 1.165) is 21.6 Å². The molecule has 108 valence electrons. The van der Waals surface area contributed by atoms with Crippen molar-refractivity contribution in [1.29, 1.82) is 0 Å². The first kappa shape index (κ1) is 14.5. The molecule has 3 heterocycles. The van der Waals surface area contributed by atoms with E-state index in [1.807, 2.05) is 34.0 Å². The summed E-state index contributed by atoms with van der Waals surface area (Å²) in [5, 5.41) is 12.4. The Morgan fingerprint density at radius 3 is 2.86 bits per heavy atom. The largest absolute Gasteiger partial charge is 1.00 e. The van der Waals surface area contributed by atoms with Crippen molar-refractivity contribution in [2.24, 2.45) is 10.1 Å². The van der Waals surface area contributed by atoms with Gasteiger partial charge in [-0.1, -0.05) is 9.78 Å². The Kier molecular flexibility index (Phi) is 3.96. The van der Waals surface area contributed by atoms with Crippen molar-refractivity contribution < 1.29 is 26.4 Å². The Morgan fingerprint density at radius 2 is 2.10 bits per heavy atom. The monoisotopic (exact) mass is 383 g/mol. The van der Waals surface area contributed by atoms with E-state index in [2.05, 4.69) is 15.2 Å². The van der Waals surface area contributed by atoms with E-state index in [4.69, 9.17) is 4.74 Å². The van der Waals surface area contributed by atoms with Crippen molar-refractivity contribution in [3.8, 4) is 5.75 Å². The molecule has 0 amide bonds. The molecule has 0 fully saturated rings. The number of nitrogens with zero attached hydrogens (tertiary/aromatic N) is 5. The maximum Gasteiger partial charge on any atom is 0.409 e. The van der Waals surface area contributed by atoms with Crippen LogP contribution in [0.2, 0.25) is 0 Å². The summed E-state index contributed by atoms with van der Waals surface area (Å²) in [4.78, 5) is 4.55. The lowest BCUT2D eigenvalue weighted by Crippen LogP contribution is -3.00. The van der Waals surface area contributed by atoms with Gasteiger partial charge in [0.25, 0.3) is 0 Å². The molecule has 9 heteroatoms. The molecule has 0 radical (unpaired) electrons. The minimum Gasteiger partial charge on any atom is -1.00 e. The molecule has 1 aromatic carbocycles. The second-order valence-corrected chi connectivity index (χ2v) is 5.81. The Labute approximate surface area is 139 Å². The van der Waals surface area contributed by atoms with Crippen molar-refractivity contribution in [2.75, 3.05) is 7.11 Å². The molecule has 4 rings (SSSR count). The standard InChI is InChI=1S/C12H10N5OS2.BrH/c1-18-9-4-2-8(3-5-9)10-16-11(19-6-13-16)15-12-17(10)14-7-20-12;/h2-7,10H,1H3;1H/q+1;/p-1. The SMILES string of the molecule is COc1ccc(C2N3N=CSC3=Nc3scn[n+]32)cc1.[Br-]. The summed E-state index contributed by atoms with van der Waals surface area (Å²) in [5.41, 5.74) is 4.69. The zero-order valence-electron chi connectivity index (χ0n) is 10.9. The summed E-state index contributed by atoms with van der Waals surface area (Å²) in [6, 6.07) is 7.95. The van der Waals surface area contributed by atoms with E-state index in [1.165, 1.54) is 23.1 Å². The minimum absolute atomic E-state index is 0. The Balaban J connectivity index is 0.00000132. The lowest BCUT2D eigenvalue weighted by atomic mass is 10.1. The number of hydrogen-bond acceptors (Lipinski definition) is 7. The van der Waals surface area contributed by atoms with Gasteiger partial charge in [0.2, 0.25) is 6.17 Å². The van der Waals surface area contributed by atoms with E-state index in [-0.39, 0.29) is 23.1 Å². The highest BCUT2D eigenvalue weighted by Gasteiger charge is 2.42. The molecule has 0 N–H and O–H groups in total. The number of rotatable bonds is 2. The fourth-order valence-electron chi connectivity index (χ4n) is 2.18. The summed E-state index contributed by atoms with van der Waals surface area (Å²) in [7, 11) is 1.66. The fourth-order valence-corrected chi connectivity index (χ4v) is 3.52. The van der Waals surface area contributed by atoms with Gasteiger partial charge >= 0.3 is 10.3 Å². The lowest BCUT2D eigenvalue weighted by molar-refractivity contribution is -0.769. The van der Waals surface area contributed by atoms with Crippen molar-refractivity contribution in [1.82, 2.24) is 10.1 Å². The van der Waals surface area contributed by atoms with Gasteiger partial charge in [-0.2, -0.15) is 10.1 Å². The van der Waals surface area contributed by atoms with Crippen LogP contribution in [0.15, 0.2) is 39.9 Å². The first-order valence-corrected chi connectivity index (χ1v) is 7.69. The average molecular weight is 384 g/mol. The molecule has 1 unspecified atom stereocenters. The second kappa shape index (κ2) is 5.74. The first-order valence-electron chi connectivity index (χ1n) is 5.93. The molecule has 1 atom stereocenters. The molecule has 21 heavy (non-hydrogen) atoms. The molecule has 0 saturated carbocycles. The lowest BCUT2D eigenvalue weighted by Gasteiger charge is -2.22. The highest BCUT2D eigenvalue weighted by Crippen LogP contribution is 2.33. The number of aromatic nitrogens is 2. The first-order chi connectivity index (χ1) is 9.86. The predicted molar refractivity (Wildman–Crippen MR) is 78.5 cm³/mol. The Bertz CT molecular complexity index is 715. The third kappa shape index (κ3) is 2.34. The normalized spacial score (nSPS) is 18.6. The molecule has 0 saturated heterocycles. The number of hydrazone groups is 1. The van der Waals surface area contributed by atoms with Crippen molar-refractivity contribution >= 4 is 38.9 Å². The molecule has 2 aliphatic heterocycles. The van der Waals surface area contributed by atoms with Gasteiger partial charge in [0.15, 0.2) is 0 Å². The molecule has 0 bridgehead atoms. The van der Waals surface area contributed by atoms with Crippen molar-refractivity contribution in [3.05, 3.63) is 35.3 Å².